The van der Waals surface area contributed by atoms with Gasteiger partial charge in [0.15, 0.2) is 0 Å². The smallest absolute Gasteiger partial charge is 0.331 e. The first-order valence-corrected chi connectivity index (χ1v) is 13.5. The zero-order chi connectivity index (χ0) is 30.7. The molecule has 0 radical (unpaired) electrons. The molecule has 1 amide bonds. The minimum Gasteiger partial charge on any atom is -0.405 e. The summed E-state index contributed by atoms with van der Waals surface area (Å²) in [7, 11) is 0. The lowest BCUT2D eigenvalue weighted by molar-refractivity contribution is -0.00177. The molecule has 0 aliphatic heterocycles. The summed E-state index contributed by atoms with van der Waals surface area (Å²) in [6.45, 7) is -0.204. The number of hydrogen-bond donors (Lipinski definition) is 4. The molecular formula is C29H35F3N8O2. The van der Waals surface area contributed by atoms with Crippen LogP contribution in [0, 0.1) is 11.3 Å². The number of alkyl halides is 3. The molecule has 0 bridgehead atoms. The van der Waals surface area contributed by atoms with Gasteiger partial charge in [0.2, 0.25) is 0 Å². The van der Waals surface area contributed by atoms with Crippen LogP contribution in [-0.2, 0) is 0 Å². The molecular weight excluding hydrogens is 549 g/mol. The van der Waals surface area contributed by atoms with E-state index in [9.17, 15) is 23.1 Å². The van der Waals surface area contributed by atoms with E-state index < -0.39 is 24.2 Å². The van der Waals surface area contributed by atoms with Crippen LogP contribution < -0.4 is 16.4 Å². The van der Waals surface area contributed by atoms with E-state index in [1.807, 2.05) is 18.2 Å². The molecule has 0 saturated heterocycles. The Bertz CT molecular complexity index is 1440. The summed E-state index contributed by atoms with van der Waals surface area (Å²) >= 11 is 0. The quantitative estimate of drug-likeness (QED) is 0.212. The number of halogens is 3. The van der Waals surface area contributed by atoms with Gasteiger partial charge in [-0.15, -0.1) is 0 Å². The van der Waals surface area contributed by atoms with E-state index in [4.69, 9.17) is 11.0 Å². The average Bonchev–Trinajstić information content (AvgIpc) is 3.39. The largest absolute Gasteiger partial charge is 0.405 e. The lowest BCUT2D eigenvalue weighted by atomic mass is 9.95. The van der Waals surface area contributed by atoms with Crippen molar-refractivity contribution in [1.82, 2.24) is 19.9 Å². The minimum atomic E-state index is -2.63. The second-order valence-electron chi connectivity index (χ2n) is 10.3. The predicted molar refractivity (Wildman–Crippen MR) is 155 cm³/mol. The third-order valence-electron chi connectivity index (χ3n) is 6.61. The molecule has 1 unspecified atom stereocenters. The summed E-state index contributed by atoms with van der Waals surface area (Å²) in [6.07, 6.45) is 10.2. The van der Waals surface area contributed by atoms with Crippen LogP contribution in [-0.4, -0.2) is 62.7 Å². The molecule has 1 aliphatic rings. The summed E-state index contributed by atoms with van der Waals surface area (Å²) in [4.78, 5) is 20.1. The van der Waals surface area contributed by atoms with Gasteiger partial charge in [-0.3, -0.25) is 9.78 Å². The highest BCUT2D eigenvalue weighted by Crippen LogP contribution is 2.28. The molecule has 0 aromatic carbocycles. The molecule has 1 aliphatic carbocycles. The lowest BCUT2D eigenvalue weighted by Crippen LogP contribution is -2.42. The molecule has 13 heteroatoms. The molecule has 1 atom stereocenters. The van der Waals surface area contributed by atoms with E-state index in [0.717, 1.165) is 49.3 Å². The average molecular weight is 585 g/mol. The van der Waals surface area contributed by atoms with Crippen molar-refractivity contribution in [2.45, 2.75) is 70.3 Å². The first-order chi connectivity index (χ1) is 20.0. The number of amides is 1. The van der Waals surface area contributed by atoms with Gasteiger partial charge in [-0.2, -0.15) is 19.1 Å². The molecule has 42 heavy (non-hydrogen) atoms. The number of carbonyl (C=O) groups is 1. The standard InChI is InChI=1S/C25H29FN6O2.C4H6F2N2/c1-25(2,34)23(26)15-29-24(33)19-14-28-21(11-20(19)31-17-6-4-3-5-7-17)22-9-8-18-10-16(12-27)13-30-32(18)22;5-4(6)8-3-1-2-7/h8-11,13-14,17,23,34H,3-7,15H2,1-2H3,(H,28,31)(H,29,33);1-4H,7H2/b;2-1-,8-3+. The number of carbonyl (C=O) groups excluding carboxylic acids is 1. The fourth-order valence-corrected chi connectivity index (χ4v) is 4.31. The van der Waals surface area contributed by atoms with Gasteiger partial charge in [0, 0.05) is 18.5 Å². The first-order valence-electron chi connectivity index (χ1n) is 13.5. The lowest BCUT2D eigenvalue weighted by Gasteiger charge is -2.26. The number of rotatable bonds is 9. The van der Waals surface area contributed by atoms with E-state index in [-0.39, 0.29) is 12.6 Å². The molecule has 224 valence electrons. The molecule has 3 aromatic heterocycles. The van der Waals surface area contributed by atoms with Gasteiger partial charge in [0.05, 0.1) is 52.1 Å². The Hall–Kier alpha value is -4.44. The molecule has 10 nitrogen and oxygen atoms in total. The Morgan fingerprint density at radius 1 is 1.26 bits per heavy atom. The van der Waals surface area contributed by atoms with Crippen molar-refractivity contribution in [2.24, 2.45) is 10.7 Å². The van der Waals surface area contributed by atoms with Crippen molar-refractivity contribution in [3.05, 3.63) is 60.1 Å². The van der Waals surface area contributed by atoms with Crippen LogP contribution in [0.2, 0.25) is 0 Å². The van der Waals surface area contributed by atoms with Crippen LogP contribution in [0.25, 0.3) is 16.9 Å². The molecule has 0 spiro atoms. The fourth-order valence-electron chi connectivity index (χ4n) is 4.31. The van der Waals surface area contributed by atoms with Crippen LogP contribution in [0.1, 0.15) is 61.9 Å². The Kier molecular flexibility index (Phi) is 11.4. The maximum absolute atomic E-state index is 14.2. The summed E-state index contributed by atoms with van der Waals surface area (Å²) in [5, 5.41) is 29.4. The number of nitriles is 1. The van der Waals surface area contributed by atoms with E-state index in [2.05, 4.69) is 31.8 Å². The second kappa shape index (κ2) is 15.0. The zero-order valence-electron chi connectivity index (χ0n) is 23.5. The monoisotopic (exact) mass is 584 g/mol. The minimum absolute atomic E-state index is 0.237. The number of allylic oxidation sites excluding steroid dienone is 1. The summed E-state index contributed by atoms with van der Waals surface area (Å²) in [5.41, 5.74) is 6.76. The summed E-state index contributed by atoms with van der Waals surface area (Å²) in [6, 6.07) is 9.61. The van der Waals surface area contributed by atoms with E-state index in [0.29, 0.717) is 22.5 Å². The van der Waals surface area contributed by atoms with E-state index in [1.54, 1.807) is 10.6 Å². The highest BCUT2D eigenvalue weighted by Gasteiger charge is 2.27. The van der Waals surface area contributed by atoms with Crippen molar-refractivity contribution in [2.75, 3.05) is 11.9 Å². The number of nitrogens with one attached hydrogen (secondary N) is 2. The molecule has 3 heterocycles. The highest BCUT2D eigenvalue weighted by molar-refractivity contribution is 6.00. The van der Waals surface area contributed by atoms with Crippen molar-refractivity contribution >= 4 is 23.3 Å². The van der Waals surface area contributed by atoms with Gasteiger partial charge >= 0.3 is 6.55 Å². The molecule has 5 N–H and O–H groups in total. The van der Waals surface area contributed by atoms with Gasteiger partial charge in [-0.1, -0.05) is 19.3 Å². The Labute approximate surface area is 242 Å². The maximum atomic E-state index is 14.2. The maximum Gasteiger partial charge on any atom is 0.331 e. The topological polar surface area (TPSA) is 154 Å². The van der Waals surface area contributed by atoms with E-state index in [1.165, 1.54) is 38.7 Å². The van der Waals surface area contributed by atoms with Crippen molar-refractivity contribution in [1.29, 1.82) is 5.26 Å². The number of aliphatic imine (C=N–C) groups is 1. The van der Waals surface area contributed by atoms with Crippen LogP contribution in [0.4, 0.5) is 18.9 Å². The number of nitrogens with zero attached hydrogens (tertiary/aromatic N) is 5. The number of anilines is 1. The van der Waals surface area contributed by atoms with Gasteiger partial charge < -0.3 is 21.5 Å². The Morgan fingerprint density at radius 3 is 2.64 bits per heavy atom. The Morgan fingerprint density at radius 2 is 2.00 bits per heavy atom. The highest BCUT2D eigenvalue weighted by atomic mass is 19.3. The molecule has 1 fully saturated rings. The summed E-state index contributed by atoms with van der Waals surface area (Å²) < 4.78 is 38.1. The van der Waals surface area contributed by atoms with Crippen LogP contribution in [0.5, 0.6) is 0 Å². The zero-order valence-corrected chi connectivity index (χ0v) is 23.5. The number of pyridine rings is 1. The second-order valence-corrected chi connectivity index (χ2v) is 10.3. The van der Waals surface area contributed by atoms with Crippen LogP contribution in [0.15, 0.2) is 53.9 Å². The van der Waals surface area contributed by atoms with Crippen molar-refractivity contribution in [3.63, 3.8) is 0 Å². The molecule has 3 aromatic rings. The number of aromatic nitrogens is 3. The Balaban J connectivity index is 0.000000531. The normalized spacial score (nSPS) is 15.0. The van der Waals surface area contributed by atoms with Gasteiger partial charge in [-0.05, 0) is 63.2 Å². The van der Waals surface area contributed by atoms with Crippen LogP contribution in [0.3, 0.4) is 0 Å². The first kappa shape index (κ1) is 32.1. The third-order valence-corrected chi connectivity index (χ3v) is 6.61. The van der Waals surface area contributed by atoms with Crippen LogP contribution >= 0.6 is 0 Å². The molecule has 4 rings (SSSR count). The van der Waals surface area contributed by atoms with Crippen molar-refractivity contribution in [3.8, 4) is 17.5 Å². The predicted octanol–water partition coefficient (Wildman–Crippen LogP) is 4.60. The SMILES string of the molecule is CC(C)(O)C(F)CNC(=O)c1cnc(-c2ccc3cc(C#N)cnn23)cc1NC1CCCCC1.N/C=C\C=N\C(F)F. The van der Waals surface area contributed by atoms with Crippen molar-refractivity contribution < 1.29 is 23.1 Å². The van der Waals surface area contributed by atoms with E-state index >= 15 is 0 Å². The van der Waals surface area contributed by atoms with Gasteiger partial charge in [-0.25, -0.2) is 13.9 Å². The summed E-state index contributed by atoms with van der Waals surface area (Å²) in [5.74, 6) is -0.457. The fraction of sp³-hybridized carbons (Fsp3) is 0.414. The van der Waals surface area contributed by atoms with Gasteiger partial charge in [0.1, 0.15) is 12.2 Å². The molecule has 1 saturated carbocycles. The van der Waals surface area contributed by atoms with Gasteiger partial charge in [0.25, 0.3) is 5.91 Å². The number of fused-ring (bicyclic) bond motifs is 1. The third kappa shape index (κ3) is 9.04. The number of aliphatic hydroxyl groups is 1. The number of hydrogen-bond acceptors (Lipinski definition) is 8. The number of nitrogens with two attached hydrogens (primary N) is 1.